The Morgan fingerprint density at radius 2 is 1.62 bits per heavy atom. The van der Waals surface area contributed by atoms with Crippen LogP contribution in [0.15, 0.2) is 36.4 Å². The second-order valence-corrected chi connectivity index (χ2v) is 9.63. The van der Waals surface area contributed by atoms with E-state index in [-0.39, 0.29) is 30.5 Å². The van der Waals surface area contributed by atoms with Crippen LogP contribution in [-0.2, 0) is 28.5 Å². The van der Waals surface area contributed by atoms with Gasteiger partial charge in [-0.05, 0) is 66.9 Å². The van der Waals surface area contributed by atoms with Crippen LogP contribution in [-0.4, -0.2) is 48.3 Å². The van der Waals surface area contributed by atoms with Gasteiger partial charge in [0.05, 0.1) is 11.1 Å². The van der Waals surface area contributed by atoms with Crippen molar-refractivity contribution in [2.75, 3.05) is 26.7 Å². The first kappa shape index (κ1) is 32.4. The molecule has 3 rings (SSSR count). The largest absolute Gasteiger partial charge is 0.416 e. The predicted molar refractivity (Wildman–Crippen MR) is 132 cm³/mol. The second-order valence-electron chi connectivity index (χ2n) is 9.63. The lowest BCUT2D eigenvalue weighted by atomic mass is 9.78. The van der Waals surface area contributed by atoms with Crippen molar-refractivity contribution in [1.29, 1.82) is 0 Å². The van der Waals surface area contributed by atoms with E-state index < -0.39 is 59.5 Å². The number of rotatable bonds is 7. The maximum absolute atomic E-state index is 13.8. The van der Waals surface area contributed by atoms with Crippen LogP contribution in [0.2, 0.25) is 0 Å². The van der Waals surface area contributed by atoms with Gasteiger partial charge in [0.15, 0.2) is 0 Å². The normalized spacial score (nSPS) is 18.4. The van der Waals surface area contributed by atoms with E-state index in [1.54, 1.807) is 13.0 Å². The third-order valence-corrected chi connectivity index (χ3v) is 6.76. The summed E-state index contributed by atoms with van der Waals surface area (Å²) in [4.78, 5) is 27.8. The van der Waals surface area contributed by atoms with E-state index >= 15 is 0 Å². The fraction of sp³-hybridized carbons (Fsp3) is 0.462. The molecule has 1 aliphatic heterocycles. The quantitative estimate of drug-likeness (QED) is 0.436. The minimum Gasteiger partial charge on any atom is -0.370 e. The van der Waals surface area contributed by atoms with Crippen LogP contribution in [0.3, 0.4) is 0 Å². The molecule has 2 amide bonds. The van der Waals surface area contributed by atoms with E-state index in [9.17, 15) is 40.3 Å². The van der Waals surface area contributed by atoms with Crippen molar-refractivity contribution in [3.63, 3.8) is 0 Å². The lowest BCUT2D eigenvalue weighted by molar-refractivity contribution is -0.143. The van der Waals surface area contributed by atoms with Crippen LogP contribution in [0.4, 0.5) is 30.7 Å². The van der Waals surface area contributed by atoms with Gasteiger partial charge < -0.3 is 15.5 Å². The molecule has 0 radical (unpaired) electrons. The summed E-state index contributed by atoms with van der Waals surface area (Å²) >= 11 is 0. The van der Waals surface area contributed by atoms with E-state index in [0.717, 1.165) is 4.90 Å². The van der Waals surface area contributed by atoms with Crippen molar-refractivity contribution in [3.8, 4) is 0 Å². The Morgan fingerprint density at radius 1 is 1.03 bits per heavy atom. The molecule has 1 heterocycles. The van der Waals surface area contributed by atoms with Crippen LogP contribution in [0.1, 0.15) is 46.6 Å². The Kier molecular flexibility index (Phi) is 10.4. The molecule has 1 saturated heterocycles. The zero-order valence-corrected chi connectivity index (χ0v) is 22.0. The van der Waals surface area contributed by atoms with Gasteiger partial charge in [-0.25, -0.2) is 4.39 Å². The SMILES string of the molecule is Cc1cc(F)ccc1C1CN(CCC(N)=O)CCC1C(=O)N(C)Cc1cc(C(F)(F)F)cc(C(F)(F)F)c1.Cl. The highest BCUT2D eigenvalue weighted by atomic mass is 35.5. The molecule has 0 spiro atoms. The molecular weight excluding hydrogens is 555 g/mol. The zero-order chi connectivity index (χ0) is 28.4. The van der Waals surface area contributed by atoms with Crippen molar-refractivity contribution < 1.29 is 40.3 Å². The average Bonchev–Trinajstić information content (AvgIpc) is 2.81. The summed E-state index contributed by atoms with van der Waals surface area (Å²) in [7, 11) is 1.32. The topological polar surface area (TPSA) is 66.6 Å². The third-order valence-electron chi connectivity index (χ3n) is 6.76. The van der Waals surface area contributed by atoms with E-state index in [0.29, 0.717) is 49.3 Å². The Morgan fingerprint density at radius 3 is 2.13 bits per heavy atom. The Balaban J connectivity index is 0.00000533. The third kappa shape index (κ3) is 8.31. The number of carbonyl (C=O) groups is 2. The molecule has 2 atom stereocenters. The molecule has 39 heavy (non-hydrogen) atoms. The van der Waals surface area contributed by atoms with Gasteiger partial charge in [0.2, 0.25) is 11.8 Å². The minimum absolute atomic E-state index is 0. The maximum Gasteiger partial charge on any atom is 0.416 e. The molecule has 1 fully saturated rings. The smallest absolute Gasteiger partial charge is 0.370 e. The molecule has 2 aromatic rings. The van der Waals surface area contributed by atoms with Crippen molar-refractivity contribution in [2.45, 2.75) is 44.6 Å². The molecule has 13 heteroatoms. The number of piperidine rings is 1. The number of nitrogens with two attached hydrogens (primary N) is 1. The maximum atomic E-state index is 13.8. The Hall–Kier alpha value is -2.86. The highest BCUT2D eigenvalue weighted by Crippen LogP contribution is 2.38. The van der Waals surface area contributed by atoms with Crippen molar-refractivity contribution in [3.05, 3.63) is 70.0 Å². The summed E-state index contributed by atoms with van der Waals surface area (Å²) in [5.41, 5.74) is 3.33. The second kappa shape index (κ2) is 12.5. The molecule has 0 bridgehead atoms. The van der Waals surface area contributed by atoms with Crippen LogP contribution in [0.25, 0.3) is 0 Å². The number of primary amides is 1. The van der Waals surface area contributed by atoms with Crippen LogP contribution >= 0.6 is 12.4 Å². The molecule has 0 saturated carbocycles. The summed E-state index contributed by atoms with van der Waals surface area (Å²) in [6.07, 6.45) is -9.58. The van der Waals surface area contributed by atoms with Gasteiger partial charge in [-0.2, -0.15) is 26.3 Å². The molecular formula is C26H29ClF7N3O2. The van der Waals surface area contributed by atoms with Crippen LogP contribution in [0, 0.1) is 18.7 Å². The standard InChI is InChI=1S/C26H28F7N3O2.ClH/c1-15-9-19(27)3-4-20(15)22-14-36(8-6-23(34)37)7-5-21(22)24(38)35(2)13-16-10-17(25(28,29)30)12-18(11-16)26(31,32)33;/h3-4,9-12,21-22H,5-8,13-14H2,1-2H3,(H2,34,37);1H. The average molecular weight is 584 g/mol. The number of halogens is 8. The van der Waals surface area contributed by atoms with E-state index in [4.69, 9.17) is 5.73 Å². The van der Waals surface area contributed by atoms with Gasteiger partial charge in [0.1, 0.15) is 5.82 Å². The van der Waals surface area contributed by atoms with E-state index in [1.165, 1.54) is 19.2 Å². The number of benzene rings is 2. The highest BCUT2D eigenvalue weighted by molar-refractivity contribution is 5.85. The first-order valence-electron chi connectivity index (χ1n) is 11.9. The number of nitrogens with zero attached hydrogens (tertiary/aromatic N) is 2. The lowest BCUT2D eigenvalue weighted by Gasteiger charge is -2.40. The summed E-state index contributed by atoms with van der Waals surface area (Å²) in [6, 6.07) is 5.40. The van der Waals surface area contributed by atoms with Gasteiger partial charge in [-0.15, -0.1) is 12.4 Å². The number of hydrogen-bond donors (Lipinski definition) is 1. The van der Waals surface area contributed by atoms with Crippen molar-refractivity contribution >= 4 is 24.2 Å². The number of alkyl halides is 6. The molecule has 0 aliphatic carbocycles. The first-order chi connectivity index (χ1) is 17.6. The first-order valence-corrected chi connectivity index (χ1v) is 11.9. The summed E-state index contributed by atoms with van der Waals surface area (Å²) in [6.45, 7) is 2.34. The molecule has 2 unspecified atom stereocenters. The fourth-order valence-electron chi connectivity index (χ4n) is 4.90. The molecule has 216 valence electrons. The number of amides is 2. The number of carbonyl (C=O) groups excluding carboxylic acids is 2. The highest BCUT2D eigenvalue weighted by Gasteiger charge is 2.39. The number of likely N-dealkylation sites (tertiary alicyclic amines) is 1. The Bertz CT molecular complexity index is 1150. The molecule has 1 aliphatic rings. The number of hydrogen-bond acceptors (Lipinski definition) is 3. The predicted octanol–water partition coefficient (Wildman–Crippen LogP) is 5.53. The lowest BCUT2D eigenvalue weighted by Crippen LogP contribution is -2.46. The van der Waals surface area contributed by atoms with E-state index in [1.807, 2.05) is 4.90 Å². The van der Waals surface area contributed by atoms with Gasteiger partial charge >= 0.3 is 12.4 Å². The molecule has 2 N–H and O–H groups in total. The van der Waals surface area contributed by atoms with Crippen LogP contribution in [0.5, 0.6) is 0 Å². The molecule has 0 aromatic heterocycles. The number of aryl methyl sites for hydroxylation is 1. The summed E-state index contributed by atoms with van der Waals surface area (Å²) < 4.78 is 93.4. The van der Waals surface area contributed by atoms with Gasteiger partial charge in [-0.1, -0.05) is 6.07 Å². The summed E-state index contributed by atoms with van der Waals surface area (Å²) in [5, 5.41) is 0. The van der Waals surface area contributed by atoms with Crippen molar-refractivity contribution in [1.82, 2.24) is 9.80 Å². The van der Waals surface area contributed by atoms with Crippen molar-refractivity contribution in [2.24, 2.45) is 11.7 Å². The van der Waals surface area contributed by atoms with E-state index in [2.05, 4.69) is 0 Å². The molecule has 2 aromatic carbocycles. The monoisotopic (exact) mass is 583 g/mol. The Labute approximate surface area is 227 Å². The van der Waals surface area contributed by atoms with Gasteiger partial charge in [0.25, 0.3) is 0 Å². The summed E-state index contributed by atoms with van der Waals surface area (Å²) in [5.74, 6) is -2.52. The van der Waals surface area contributed by atoms with Crippen LogP contribution < -0.4 is 5.73 Å². The molecule has 5 nitrogen and oxygen atoms in total. The zero-order valence-electron chi connectivity index (χ0n) is 21.2. The van der Waals surface area contributed by atoms with Gasteiger partial charge in [-0.3, -0.25) is 9.59 Å². The fourth-order valence-corrected chi connectivity index (χ4v) is 4.90. The van der Waals surface area contributed by atoms with Gasteiger partial charge in [0, 0.05) is 44.9 Å². The minimum atomic E-state index is -5.00.